The standard InChI is InChI=1S/C34H52ClF2N3O2S/c1-7-20-39(10-4)30-16-21-38(22-17-30)25-34(18-19-34)33-13-11-12-32(28(23-26(5)36)24-27(6)37)40(33)43(41,42)31(9-3)15-14-29(35)8-2/h9,14-15,23-24,30,32-33H,3,5,7-8,10-13,16-22,25H2,1-2,4,6H3/b27-24+,28-23+,29-14+,31-15+/t32-,33+/m0/s1. The maximum atomic E-state index is 14.5. The van der Waals surface area contributed by atoms with Crippen molar-refractivity contribution in [1.82, 2.24) is 14.1 Å². The Morgan fingerprint density at radius 2 is 1.74 bits per heavy atom. The molecule has 0 bridgehead atoms. The van der Waals surface area contributed by atoms with E-state index in [2.05, 4.69) is 36.8 Å². The normalized spacial score (nSPS) is 25.3. The topological polar surface area (TPSA) is 43.9 Å². The largest absolute Gasteiger partial charge is 0.303 e. The van der Waals surface area contributed by atoms with Gasteiger partial charge in [-0.3, -0.25) is 0 Å². The molecule has 0 N–H and O–H groups in total. The van der Waals surface area contributed by atoms with Crippen LogP contribution in [0.1, 0.15) is 85.5 Å². The van der Waals surface area contributed by atoms with Crippen LogP contribution in [-0.2, 0) is 10.0 Å². The first-order valence-corrected chi connectivity index (χ1v) is 17.8. The summed E-state index contributed by atoms with van der Waals surface area (Å²) in [7, 11) is -4.10. The minimum absolute atomic E-state index is 0.0302. The third-order valence-electron chi connectivity index (χ3n) is 9.31. The molecule has 0 aromatic heterocycles. The second-order valence-corrected chi connectivity index (χ2v) is 14.7. The quantitative estimate of drug-likeness (QED) is 0.169. The molecule has 2 saturated heterocycles. The van der Waals surface area contributed by atoms with Gasteiger partial charge in [-0.15, -0.1) is 0 Å². The Labute approximate surface area is 264 Å². The first kappa shape index (κ1) is 35.9. The van der Waals surface area contributed by atoms with E-state index in [-0.39, 0.29) is 21.9 Å². The van der Waals surface area contributed by atoms with Crippen LogP contribution in [0.5, 0.6) is 0 Å². The van der Waals surface area contributed by atoms with Crippen molar-refractivity contribution in [3.63, 3.8) is 0 Å². The lowest BCUT2D eigenvalue weighted by atomic mass is 9.83. The zero-order valence-corrected chi connectivity index (χ0v) is 28.2. The molecule has 0 amide bonds. The molecule has 0 aromatic rings. The van der Waals surface area contributed by atoms with Crippen molar-refractivity contribution < 1.29 is 17.2 Å². The first-order chi connectivity index (χ1) is 20.4. The molecule has 1 saturated carbocycles. The van der Waals surface area contributed by atoms with Crippen molar-refractivity contribution >= 4 is 21.6 Å². The number of likely N-dealkylation sites (tertiary alicyclic amines) is 1. The van der Waals surface area contributed by atoms with E-state index in [0.29, 0.717) is 30.3 Å². The lowest BCUT2D eigenvalue weighted by molar-refractivity contribution is 0.0674. The van der Waals surface area contributed by atoms with E-state index in [1.165, 1.54) is 31.2 Å². The molecule has 3 rings (SSSR count). The van der Waals surface area contributed by atoms with E-state index in [1.807, 2.05) is 6.92 Å². The fraction of sp³-hybridized carbons (Fsp3) is 0.647. The highest BCUT2D eigenvalue weighted by Gasteiger charge is 2.57. The molecule has 43 heavy (non-hydrogen) atoms. The van der Waals surface area contributed by atoms with Crippen LogP contribution in [-0.4, -0.2) is 73.4 Å². The predicted octanol–water partition coefficient (Wildman–Crippen LogP) is 8.40. The summed E-state index contributed by atoms with van der Waals surface area (Å²) in [6.45, 7) is 19.8. The molecule has 9 heteroatoms. The Balaban J connectivity index is 2.00. The van der Waals surface area contributed by atoms with Gasteiger partial charge in [0.15, 0.2) is 0 Å². The predicted molar refractivity (Wildman–Crippen MR) is 177 cm³/mol. The second kappa shape index (κ2) is 16.1. The third-order valence-corrected chi connectivity index (χ3v) is 11.7. The van der Waals surface area contributed by atoms with E-state index in [1.54, 1.807) is 10.4 Å². The molecular formula is C34H52ClF2N3O2S. The van der Waals surface area contributed by atoms with Gasteiger partial charge in [0.1, 0.15) is 5.83 Å². The van der Waals surface area contributed by atoms with Gasteiger partial charge in [-0.05, 0) is 132 Å². The summed E-state index contributed by atoms with van der Waals surface area (Å²) in [5, 5.41) is 0.522. The summed E-state index contributed by atoms with van der Waals surface area (Å²) in [5.41, 5.74) is 0.0700. The molecule has 0 unspecified atom stereocenters. The number of sulfonamides is 1. The van der Waals surface area contributed by atoms with E-state index < -0.39 is 27.7 Å². The van der Waals surface area contributed by atoms with Crippen LogP contribution in [0.15, 0.2) is 70.7 Å². The molecule has 1 aliphatic carbocycles. The van der Waals surface area contributed by atoms with Crippen LogP contribution in [0.25, 0.3) is 0 Å². The third kappa shape index (κ3) is 9.23. The van der Waals surface area contributed by atoms with Crippen LogP contribution >= 0.6 is 11.6 Å². The van der Waals surface area contributed by atoms with E-state index in [9.17, 15) is 17.2 Å². The number of halogens is 3. The average Bonchev–Trinajstić information content (AvgIpc) is 3.75. The van der Waals surface area contributed by atoms with Crippen LogP contribution in [0.4, 0.5) is 8.78 Å². The fourth-order valence-electron chi connectivity index (χ4n) is 7.05. The van der Waals surface area contributed by atoms with E-state index >= 15 is 0 Å². The number of nitrogens with zero attached hydrogens (tertiary/aromatic N) is 3. The highest BCUT2D eigenvalue weighted by Crippen LogP contribution is 2.56. The number of rotatable bonds is 15. The Morgan fingerprint density at radius 1 is 1.07 bits per heavy atom. The number of hydrogen-bond donors (Lipinski definition) is 0. The van der Waals surface area contributed by atoms with Crippen LogP contribution in [0.3, 0.4) is 0 Å². The smallest absolute Gasteiger partial charge is 0.243 e. The molecule has 3 aliphatic rings. The monoisotopic (exact) mass is 639 g/mol. The highest BCUT2D eigenvalue weighted by atomic mass is 35.5. The number of piperidine rings is 2. The molecule has 3 fully saturated rings. The lowest BCUT2D eigenvalue weighted by Crippen LogP contribution is -2.56. The van der Waals surface area contributed by atoms with Gasteiger partial charge in [0, 0.05) is 23.7 Å². The van der Waals surface area contributed by atoms with Gasteiger partial charge < -0.3 is 9.80 Å². The van der Waals surface area contributed by atoms with Crippen molar-refractivity contribution in [2.45, 2.75) is 104 Å². The Kier molecular flexibility index (Phi) is 13.5. The minimum atomic E-state index is -4.10. The van der Waals surface area contributed by atoms with E-state index in [0.717, 1.165) is 71.2 Å². The van der Waals surface area contributed by atoms with Crippen molar-refractivity contribution in [2.24, 2.45) is 5.41 Å². The summed E-state index contributed by atoms with van der Waals surface area (Å²) in [4.78, 5) is 5.12. The van der Waals surface area contributed by atoms with E-state index in [4.69, 9.17) is 11.6 Å². The zero-order chi connectivity index (χ0) is 31.8. The van der Waals surface area contributed by atoms with Crippen molar-refractivity contribution in [3.05, 3.63) is 70.7 Å². The van der Waals surface area contributed by atoms with Gasteiger partial charge in [-0.2, -0.15) is 4.31 Å². The summed E-state index contributed by atoms with van der Waals surface area (Å²) in [6.07, 6.45) is 14.5. The Morgan fingerprint density at radius 3 is 2.26 bits per heavy atom. The molecule has 0 spiro atoms. The number of hydrogen-bond acceptors (Lipinski definition) is 4. The van der Waals surface area contributed by atoms with Gasteiger partial charge >= 0.3 is 0 Å². The molecule has 2 atom stereocenters. The van der Waals surface area contributed by atoms with Crippen molar-refractivity contribution in [2.75, 3.05) is 32.7 Å². The summed E-state index contributed by atoms with van der Waals surface area (Å²) >= 11 is 6.23. The second-order valence-electron chi connectivity index (χ2n) is 12.4. The maximum Gasteiger partial charge on any atom is 0.243 e. The number of allylic oxidation sites excluding steroid dienone is 7. The SMILES string of the molecule is C=C/C(=C\C=C(\Cl)CC)S(=O)(=O)N1[C@H](C(/C=C(\C)F)=C/C(=C)F)CCC[C@@H]1C1(CN2CCC(N(CC)CCC)CC2)CC1. The molecule has 242 valence electrons. The van der Waals surface area contributed by atoms with Gasteiger partial charge in [0.25, 0.3) is 0 Å². The summed E-state index contributed by atoms with van der Waals surface area (Å²) in [5.74, 6) is -1.25. The molecule has 2 aliphatic heterocycles. The minimum Gasteiger partial charge on any atom is -0.303 e. The lowest BCUT2D eigenvalue weighted by Gasteiger charge is -2.47. The molecule has 2 heterocycles. The molecule has 0 aromatic carbocycles. The van der Waals surface area contributed by atoms with Gasteiger partial charge in [0.05, 0.1) is 16.8 Å². The maximum absolute atomic E-state index is 14.5. The molecular weight excluding hydrogens is 588 g/mol. The van der Waals surface area contributed by atoms with Crippen molar-refractivity contribution in [1.29, 1.82) is 0 Å². The van der Waals surface area contributed by atoms with Gasteiger partial charge in [-0.1, -0.05) is 45.5 Å². The summed E-state index contributed by atoms with van der Waals surface area (Å²) < 4.78 is 59.1. The van der Waals surface area contributed by atoms with Crippen LogP contribution in [0.2, 0.25) is 0 Å². The first-order valence-electron chi connectivity index (χ1n) is 16.0. The highest BCUT2D eigenvalue weighted by molar-refractivity contribution is 7.93. The molecule has 5 nitrogen and oxygen atoms in total. The van der Waals surface area contributed by atoms with Gasteiger partial charge in [0.2, 0.25) is 10.0 Å². The Hall–Kier alpha value is -1.58. The van der Waals surface area contributed by atoms with Crippen LogP contribution in [0, 0.1) is 5.41 Å². The Bertz CT molecular complexity index is 1210. The fourth-order valence-corrected chi connectivity index (χ4v) is 9.03. The van der Waals surface area contributed by atoms with Gasteiger partial charge in [-0.25, -0.2) is 17.2 Å². The average molecular weight is 640 g/mol. The van der Waals surface area contributed by atoms with Crippen molar-refractivity contribution in [3.8, 4) is 0 Å². The molecule has 0 radical (unpaired) electrons. The van der Waals surface area contributed by atoms with Crippen LogP contribution < -0.4 is 0 Å². The summed E-state index contributed by atoms with van der Waals surface area (Å²) in [6, 6.07) is -0.445. The zero-order valence-electron chi connectivity index (χ0n) is 26.6.